The van der Waals surface area contributed by atoms with Gasteiger partial charge in [-0.15, -0.1) is 0 Å². The van der Waals surface area contributed by atoms with Gasteiger partial charge in [-0.2, -0.15) is 0 Å². The van der Waals surface area contributed by atoms with E-state index in [0.29, 0.717) is 5.69 Å². The van der Waals surface area contributed by atoms with Crippen LogP contribution in [0.3, 0.4) is 0 Å². The van der Waals surface area contributed by atoms with E-state index in [1.54, 1.807) is 18.2 Å². The third-order valence-corrected chi connectivity index (χ3v) is 4.32. The first-order valence-corrected chi connectivity index (χ1v) is 9.11. The average molecular weight is 356 g/mol. The van der Waals surface area contributed by atoms with Crippen LogP contribution in [0.2, 0.25) is 0 Å². The van der Waals surface area contributed by atoms with Gasteiger partial charge in [0.2, 0.25) is 5.91 Å². The fourth-order valence-electron chi connectivity index (χ4n) is 2.91. The van der Waals surface area contributed by atoms with Gasteiger partial charge in [-0.25, -0.2) is 0 Å². The summed E-state index contributed by atoms with van der Waals surface area (Å²) in [4.78, 5) is 11.3. The summed E-state index contributed by atoms with van der Waals surface area (Å²) in [5.74, 6) is 0.141. The van der Waals surface area contributed by atoms with Crippen LogP contribution in [0.1, 0.15) is 50.3 Å². The molecule has 0 saturated heterocycles. The molecule has 0 fully saturated rings. The van der Waals surface area contributed by atoms with Crippen molar-refractivity contribution < 1.29 is 15.0 Å². The van der Waals surface area contributed by atoms with Crippen LogP contribution in [-0.2, 0) is 11.2 Å². The Bertz CT molecular complexity index is 714. The van der Waals surface area contributed by atoms with E-state index in [4.69, 9.17) is 0 Å². The van der Waals surface area contributed by atoms with E-state index in [1.807, 2.05) is 24.3 Å². The normalized spacial score (nSPS) is 11.9. The van der Waals surface area contributed by atoms with Gasteiger partial charge in [-0.05, 0) is 54.8 Å². The lowest BCUT2D eigenvalue weighted by Crippen LogP contribution is -2.24. The molecule has 2 rings (SSSR count). The molecule has 0 heterocycles. The number of aromatic hydroxyl groups is 2. The Morgan fingerprint density at radius 3 is 2.50 bits per heavy atom. The molecule has 1 amide bonds. The van der Waals surface area contributed by atoms with Gasteiger partial charge in [0.1, 0.15) is 11.5 Å². The zero-order chi connectivity index (χ0) is 18.9. The molecular formula is C21H28N2O3. The van der Waals surface area contributed by atoms with Gasteiger partial charge in [0.05, 0.1) is 5.69 Å². The number of rotatable bonds is 9. The second kappa shape index (κ2) is 9.82. The van der Waals surface area contributed by atoms with Crippen LogP contribution >= 0.6 is 0 Å². The number of phenols is 2. The Kier molecular flexibility index (Phi) is 7.48. The van der Waals surface area contributed by atoms with Crippen molar-refractivity contribution in [3.8, 4) is 11.5 Å². The van der Waals surface area contributed by atoms with Crippen LogP contribution < -0.4 is 10.6 Å². The predicted octanol–water partition coefficient (Wildman–Crippen LogP) is 4.12. The van der Waals surface area contributed by atoms with Crippen LogP contribution in [0.15, 0.2) is 42.5 Å². The fourth-order valence-corrected chi connectivity index (χ4v) is 2.91. The Hall–Kier alpha value is -2.53. The summed E-state index contributed by atoms with van der Waals surface area (Å²) < 4.78 is 0. The minimum absolute atomic E-state index is 0.0716. The molecule has 140 valence electrons. The molecule has 2 aromatic rings. The first-order valence-electron chi connectivity index (χ1n) is 9.11. The molecule has 4 N–H and O–H groups in total. The molecule has 0 aliphatic heterocycles. The molecular weight excluding hydrogens is 328 g/mol. The minimum atomic E-state index is -0.206. The molecule has 0 aromatic heterocycles. The third kappa shape index (κ3) is 6.08. The maximum atomic E-state index is 11.3. The lowest BCUT2D eigenvalue weighted by atomic mass is 9.99. The fraction of sp³-hybridized carbons (Fsp3) is 0.381. The average Bonchev–Trinajstić information content (AvgIpc) is 2.61. The van der Waals surface area contributed by atoms with Crippen LogP contribution in [-0.4, -0.2) is 22.7 Å². The predicted molar refractivity (Wildman–Crippen MR) is 104 cm³/mol. The first kappa shape index (κ1) is 19.8. The monoisotopic (exact) mass is 356 g/mol. The lowest BCUT2D eigenvalue weighted by Gasteiger charge is -2.20. The van der Waals surface area contributed by atoms with Crippen LogP contribution in [0.4, 0.5) is 5.69 Å². The third-order valence-electron chi connectivity index (χ3n) is 4.32. The largest absolute Gasteiger partial charge is 0.508 e. The van der Waals surface area contributed by atoms with Crippen molar-refractivity contribution in [2.75, 3.05) is 11.9 Å². The maximum Gasteiger partial charge on any atom is 0.221 e. The molecule has 0 aliphatic carbocycles. The van der Waals surface area contributed by atoms with Crippen molar-refractivity contribution in [2.45, 2.75) is 45.6 Å². The highest BCUT2D eigenvalue weighted by atomic mass is 16.3. The smallest absolute Gasteiger partial charge is 0.221 e. The Morgan fingerprint density at radius 1 is 1.12 bits per heavy atom. The van der Waals surface area contributed by atoms with Gasteiger partial charge in [-0.1, -0.05) is 38.0 Å². The van der Waals surface area contributed by atoms with E-state index < -0.39 is 0 Å². The second-order valence-corrected chi connectivity index (χ2v) is 6.52. The maximum absolute atomic E-state index is 11.3. The van der Waals surface area contributed by atoms with Crippen molar-refractivity contribution in [2.24, 2.45) is 0 Å². The summed E-state index contributed by atoms with van der Waals surface area (Å²) in [5, 5.41) is 25.5. The number of hydrogen-bond donors (Lipinski definition) is 4. The van der Waals surface area contributed by atoms with Gasteiger partial charge >= 0.3 is 0 Å². The lowest BCUT2D eigenvalue weighted by molar-refractivity contribution is -0.114. The molecule has 0 spiro atoms. The summed E-state index contributed by atoms with van der Waals surface area (Å²) in [6, 6.07) is 12.8. The van der Waals surface area contributed by atoms with E-state index in [9.17, 15) is 15.0 Å². The second-order valence-electron chi connectivity index (χ2n) is 6.52. The van der Waals surface area contributed by atoms with Crippen LogP contribution in [0, 0.1) is 0 Å². The summed E-state index contributed by atoms with van der Waals surface area (Å²) in [6.07, 6.45) is 4.04. The van der Waals surface area contributed by atoms with E-state index in [1.165, 1.54) is 6.92 Å². The first-order chi connectivity index (χ1) is 12.5. The van der Waals surface area contributed by atoms with Crippen molar-refractivity contribution >= 4 is 11.6 Å². The number of hydrogen-bond acceptors (Lipinski definition) is 4. The van der Waals surface area contributed by atoms with Gasteiger partial charge < -0.3 is 20.8 Å². The van der Waals surface area contributed by atoms with Crippen molar-refractivity contribution in [3.63, 3.8) is 0 Å². The standard InChI is InChI=1S/C21H28N2O3/c1-3-4-5-19(22-13-12-16-6-9-18(25)10-7-16)17-8-11-21(26)20(14-17)23-15(2)24/h6-11,14,19,22,25-26H,3-5,12-13H2,1-2H3,(H,23,24). The number of benzene rings is 2. The summed E-state index contributed by atoms with van der Waals surface area (Å²) >= 11 is 0. The molecule has 26 heavy (non-hydrogen) atoms. The molecule has 0 bridgehead atoms. The van der Waals surface area contributed by atoms with Crippen molar-refractivity contribution in [1.29, 1.82) is 0 Å². The molecule has 0 aliphatic rings. The number of carbonyl (C=O) groups excluding carboxylic acids is 1. The summed E-state index contributed by atoms with van der Waals surface area (Å²) in [7, 11) is 0. The van der Waals surface area contributed by atoms with E-state index in [0.717, 1.165) is 43.4 Å². The quantitative estimate of drug-likeness (QED) is 0.510. The van der Waals surface area contributed by atoms with Gasteiger partial charge in [0.15, 0.2) is 0 Å². The Balaban J connectivity index is 2.05. The van der Waals surface area contributed by atoms with Crippen molar-refractivity contribution in [3.05, 3.63) is 53.6 Å². The molecule has 1 unspecified atom stereocenters. The van der Waals surface area contributed by atoms with E-state index in [2.05, 4.69) is 17.6 Å². The van der Waals surface area contributed by atoms with Gasteiger partial charge in [0, 0.05) is 13.0 Å². The zero-order valence-corrected chi connectivity index (χ0v) is 15.5. The summed E-state index contributed by atoms with van der Waals surface area (Å²) in [6.45, 7) is 4.39. The number of nitrogens with one attached hydrogen (secondary N) is 2. The SMILES string of the molecule is CCCCC(NCCc1ccc(O)cc1)c1ccc(O)c(NC(C)=O)c1. The molecule has 5 heteroatoms. The number of carbonyl (C=O) groups is 1. The molecule has 1 atom stereocenters. The molecule has 5 nitrogen and oxygen atoms in total. The van der Waals surface area contributed by atoms with Crippen LogP contribution in [0.25, 0.3) is 0 Å². The highest BCUT2D eigenvalue weighted by molar-refractivity contribution is 5.90. The van der Waals surface area contributed by atoms with Gasteiger partial charge in [0.25, 0.3) is 0 Å². The topological polar surface area (TPSA) is 81.6 Å². The van der Waals surface area contributed by atoms with Gasteiger partial charge in [-0.3, -0.25) is 4.79 Å². The number of unbranched alkanes of at least 4 members (excludes halogenated alkanes) is 1. The Morgan fingerprint density at radius 2 is 1.85 bits per heavy atom. The minimum Gasteiger partial charge on any atom is -0.508 e. The molecule has 2 aromatic carbocycles. The van der Waals surface area contributed by atoms with E-state index >= 15 is 0 Å². The molecule has 0 saturated carbocycles. The van der Waals surface area contributed by atoms with E-state index in [-0.39, 0.29) is 23.4 Å². The van der Waals surface area contributed by atoms with Crippen LogP contribution in [0.5, 0.6) is 11.5 Å². The highest BCUT2D eigenvalue weighted by Crippen LogP contribution is 2.29. The van der Waals surface area contributed by atoms with Crippen molar-refractivity contribution in [1.82, 2.24) is 5.32 Å². The highest BCUT2D eigenvalue weighted by Gasteiger charge is 2.13. The zero-order valence-electron chi connectivity index (χ0n) is 15.5. The number of anilines is 1. The number of amides is 1. The number of phenolic OH excluding ortho intramolecular Hbond substituents is 2. The molecule has 0 radical (unpaired) electrons. The Labute approximate surface area is 155 Å². The summed E-state index contributed by atoms with van der Waals surface area (Å²) in [5.41, 5.74) is 2.65.